The highest BCUT2D eigenvalue weighted by atomic mass is 32.2. The Morgan fingerprint density at radius 1 is 1.35 bits per heavy atom. The van der Waals surface area contributed by atoms with Crippen molar-refractivity contribution in [3.05, 3.63) is 35.4 Å². The summed E-state index contributed by atoms with van der Waals surface area (Å²) in [5.74, 6) is 0.0173. The van der Waals surface area contributed by atoms with Crippen molar-refractivity contribution in [2.45, 2.75) is 31.7 Å². The number of hydrogen-bond acceptors (Lipinski definition) is 4. The van der Waals surface area contributed by atoms with Crippen LogP contribution in [0.25, 0.3) is 0 Å². The van der Waals surface area contributed by atoms with Crippen molar-refractivity contribution in [2.75, 3.05) is 19.8 Å². The van der Waals surface area contributed by atoms with Crippen LogP contribution in [0.15, 0.2) is 24.3 Å². The molecule has 0 bridgehead atoms. The quantitative estimate of drug-likeness (QED) is 0.788. The molecule has 1 heterocycles. The molecule has 1 saturated heterocycles. The van der Waals surface area contributed by atoms with E-state index in [1.807, 2.05) is 31.2 Å². The van der Waals surface area contributed by atoms with Crippen LogP contribution < -0.4 is 10.0 Å². The van der Waals surface area contributed by atoms with Crippen molar-refractivity contribution in [3.63, 3.8) is 0 Å². The Morgan fingerprint density at radius 2 is 2.15 bits per heavy atom. The Bertz CT molecular complexity index is 525. The second-order valence-electron chi connectivity index (χ2n) is 5.04. The van der Waals surface area contributed by atoms with Crippen LogP contribution in [-0.4, -0.2) is 34.2 Å². The van der Waals surface area contributed by atoms with E-state index < -0.39 is 10.0 Å². The lowest BCUT2D eigenvalue weighted by Gasteiger charge is -2.12. The number of rotatable bonds is 7. The fourth-order valence-corrected chi connectivity index (χ4v) is 3.64. The van der Waals surface area contributed by atoms with E-state index in [0.29, 0.717) is 13.2 Å². The summed E-state index contributed by atoms with van der Waals surface area (Å²) >= 11 is 0. The molecule has 2 N–H and O–H groups in total. The van der Waals surface area contributed by atoms with Crippen LogP contribution in [0, 0.1) is 0 Å². The van der Waals surface area contributed by atoms with Crippen LogP contribution in [0.1, 0.15) is 24.5 Å². The van der Waals surface area contributed by atoms with E-state index in [-0.39, 0.29) is 11.8 Å². The number of sulfonamides is 1. The topological polar surface area (TPSA) is 67.4 Å². The first-order chi connectivity index (χ1) is 9.59. The number of benzene rings is 1. The fourth-order valence-electron chi connectivity index (χ4n) is 2.24. The van der Waals surface area contributed by atoms with Crippen LogP contribution in [0.3, 0.4) is 0 Å². The van der Waals surface area contributed by atoms with Crippen LogP contribution in [0.4, 0.5) is 0 Å². The summed E-state index contributed by atoms with van der Waals surface area (Å²) in [6.45, 7) is 4.80. The zero-order valence-corrected chi connectivity index (χ0v) is 12.6. The molecule has 1 fully saturated rings. The standard InChI is InChI=1S/C14H22N2O3S/c1-2-15-9-12-4-3-5-13(8-12)11-20(17,18)16-14-6-7-19-10-14/h3-5,8,14-16H,2,6-7,9-11H2,1H3. The first kappa shape index (κ1) is 15.4. The highest BCUT2D eigenvalue weighted by Crippen LogP contribution is 2.11. The maximum Gasteiger partial charge on any atom is 0.216 e. The minimum atomic E-state index is -3.31. The highest BCUT2D eigenvalue weighted by molar-refractivity contribution is 7.88. The molecule has 0 amide bonds. The maximum atomic E-state index is 12.1. The second kappa shape index (κ2) is 7.17. The van der Waals surface area contributed by atoms with Crippen molar-refractivity contribution in [1.29, 1.82) is 0 Å². The number of nitrogens with one attached hydrogen (secondary N) is 2. The Labute approximate surface area is 120 Å². The van der Waals surface area contributed by atoms with Gasteiger partial charge in [0.2, 0.25) is 10.0 Å². The predicted octanol–water partition coefficient (Wildman–Crippen LogP) is 1.00. The summed E-state index contributed by atoms with van der Waals surface area (Å²) in [4.78, 5) is 0. The molecule has 0 aromatic heterocycles. The van der Waals surface area contributed by atoms with Gasteiger partial charge in [-0.05, 0) is 24.1 Å². The van der Waals surface area contributed by atoms with Gasteiger partial charge in [0.15, 0.2) is 0 Å². The minimum absolute atomic E-state index is 0.0173. The SMILES string of the molecule is CCNCc1cccc(CS(=O)(=O)NC2CCOC2)c1. The Balaban J connectivity index is 1.97. The summed E-state index contributed by atoms with van der Waals surface area (Å²) in [5, 5.41) is 3.23. The third kappa shape index (κ3) is 4.86. The van der Waals surface area contributed by atoms with Gasteiger partial charge in [-0.3, -0.25) is 0 Å². The lowest BCUT2D eigenvalue weighted by molar-refractivity contribution is 0.192. The summed E-state index contributed by atoms with van der Waals surface area (Å²) < 4.78 is 32.1. The van der Waals surface area contributed by atoms with Gasteiger partial charge in [0, 0.05) is 19.2 Å². The highest BCUT2D eigenvalue weighted by Gasteiger charge is 2.22. The lowest BCUT2D eigenvalue weighted by atomic mass is 10.1. The molecule has 1 aromatic rings. The minimum Gasteiger partial charge on any atom is -0.380 e. The molecule has 1 unspecified atom stereocenters. The number of hydrogen-bond donors (Lipinski definition) is 2. The second-order valence-corrected chi connectivity index (χ2v) is 6.79. The van der Waals surface area contributed by atoms with E-state index in [0.717, 1.165) is 30.6 Å². The molecular weight excluding hydrogens is 276 g/mol. The van der Waals surface area contributed by atoms with E-state index in [1.54, 1.807) is 0 Å². The Hall–Kier alpha value is -0.950. The summed E-state index contributed by atoms with van der Waals surface area (Å²) in [5.41, 5.74) is 1.91. The van der Waals surface area contributed by atoms with E-state index in [2.05, 4.69) is 10.0 Å². The van der Waals surface area contributed by atoms with E-state index >= 15 is 0 Å². The lowest BCUT2D eigenvalue weighted by Crippen LogP contribution is -2.35. The summed E-state index contributed by atoms with van der Waals surface area (Å²) in [6.07, 6.45) is 0.750. The molecule has 0 aliphatic carbocycles. The molecule has 2 rings (SSSR count). The predicted molar refractivity (Wildman–Crippen MR) is 78.8 cm³/mol. The molecule has 1 aromatic carbocycles. The smallest absolute Gasteiger partial charge is 0.216 e. The van der Waals surface area contributed by atoms with Crippen molar-refractivity contribution in [1.82, 2.24) is 10.0 Å². The normalized spacial score (nSPS) is 19.4. The molecule has 112 valence electrons. The van der Waals surface area contributed by atoms with Gasteiger partial charge in [0.25, 0.3) is 0 Å². The van der Waals surface area contributed by atoms with Gasteiger partial charge in [-0.1, -0.05) is 31.2 Å². The van der Waals surface area contributed by atoms with Gasteiger partial charge in [-0.25, -0.2) is 13.1 Å². The molecule has 0 radical (unpaired) electrons. The number of ether oxygens (including phenoxy) is 1. The van der Waals surface area contributed by atoms with E-state index in [1.165, 1.54) is 0 Å². The fraction of sp³-hybridized carbons (Fsp3) is 0.571. The first-order valence-corrected chi connectivity index (χ1v) is 8.60. The third-order valence-electron chi connectivity index (χ3n) is 3.20. The molecule has 20 heavy (non-hydrogen) atoms. The van der Waals surface area contributed by atoms with Gasteiger partial charge in [0.1, 0.15) is 0 Å². The monoisotopic (exact) mass is 298 g/mol. The molecule has 6 heteroatoms. The van der Waals surface area contributed by atoms with Crippen molar-refractivity contribution < 1.29 is 13.2 Å². The van der Waals surface area contributed by atoms with Crippen LogP contribution in [0.5, 0.6) is 0 Å². The molecule has 0 saturated carbocycles. The molecular formula is C14H22N2O3S. The average Bonchev–Trinajstić information content (AvgIpc) is 2.88. The van der Waals surface area contributed by atoms with E-state index in [4.69, 9.17) is 4.74 Å². The van der Waals surface area contributed by atoms with Crippen molar-refractivity contribution in [3.8, 4) is 0 Å². The van der Waals surface area contributed by atoms with E-state index in [9.17, 15) is 8.42 Å². The van der Waals surface area contributed by atoms with Gasteiger partial charge >= 0.3 is 0 Å². The molecule has 5 nitrogen and oxygen atoms in total. The van der Waals surface area contributed by atoms with Crippen molar-refractivity contribution >= 4 is 10.0 Å². The van der Waals surface area contributed by atoms with Crippen LogP contribution >= 0.6 is 0 Å². The molecule has 1 aliphatic heterocycles. The maximum absolute atomic E-state index is 12.1. The molecule has 1 aliphatic rings. The first-order valence-electron chi connectivity index (χ1n) is 6.95. The van der Waals surface area contributed by atoms with Crippen LogP contribution in [0.2, 0.25) is 0 Å². The van der Waals surface area contributed by atoms with Gasteiger partial charge in [0.05, 0.1) is 12.4 Å². The third-order valence-corrected chi connectivity index (χ3v) is 4.61. The van der Waals surface area contributed by atoms with Crippen molar-refractivity contribution in [2.24, 2.45) is 0 Å². The summed E-state index contributed by atoms with van der Waals surface area (Å²) in [7, 11) is -3.31. The zero-order valence-electron chi connectivity index (χ0n) is 11.8. The van der Waals surface area contributed by atoms with Gasteiger partial charge in [-0.15, -0.1) is 0 Å². The van der Waals surface area contributed by atoms with Gasteiger partial charge < -0.3 is 10.1 Å². The molecule has 0 spiro atoms. The average molecular weight is 298 g/mol. The summed E-state index contributed by atoms with van der Waals surface area (Å²) in [6, 6.07) is 7.60. The largest absolute Gasteiger partial charge is 0.380 e. The zero-order chi connectivity index (χ0) is 14.4. The van der Waals surface area contributed by atoms with Crippen LogP contribution in [-0.2, 0) is 27.1 Å². The van der Waals surface area contributed by atoms with Gasteiger partial charge in [-0.2, -0.15) is 0 Å². The molecule has 1 atom stereocenters. The Morgan fingerprint density at radius 3 is 2.85 bits per heavy atom. The Kier molecular flexibility index (Phi) is 5.54.